The maximum absolute atomic E-state index is 12.5. The lowest BCUT2D eigenvalue weighted by atomic mass is 10.2. The van der Waals surface area contributed by atoms with Crippen LogP contribution in [0.3, 0.4) is 0 Å². The first-order chi connectivity index (χ1) is 14.8. The second-order valence-electron chi connectivity index (χ2n) is 6.50. The van der Waals surface area contributed by atoms with Gasteiger partial charge in [0, 0.05) is 17.1 Å². The van der Waals surface area contributed by atoms with Crippen LogP contribution in [0.2, 0.25) is 0 Å². The predicted molar refractivity (Wildman–Crippen MR) is 114 cm³/mol. The lowest BCUT2D eigenvalue weighted by Crippen LogP contribution is -2.18. The topological polar surface area (TPSA) is 173 Å². The first-order valence-corrected chi connectivity index (χ1v) is 10.5. The monoisotopic (exact) mass is 444 g/mol. The van der Waals surface area contributed by atoms with Gasteiger partial charge in [0.15, 0.2) is 17.2 Å². The molecule has 0 aliphatic heterocycles. The number of aliphatic carboxylic acids is 1. The number of aromatic nitrogens is 4. The van der Waals surface area contributed by atoms with Crippen LogP contribution in [0.4, 0.5) is 5.82 Å². The average molecular weight is 444 g/mol. The van der Waals surface area contributed by atoms with Crippen LogP contribution >= 0.6 is 0 Å². The summed E-state index contributed by atoms with van der Waals surface area (Å²) in [4.78, 5) is 58.5. The zero-order chi connectivity index (χ0) is 22.5. The van der Waals surface area contributed by atoms with Gasteiger partial charge in [-0.2, -0.15) is 0 Å². The van der Waals surface area contributed by atoms with Crippen molar-refractivity contribution in [3.05, 3.63) is 46.4 Å². The molecule has 0 saturated heterocycles. The number of ketones is 1. The normalized spacial score (nSPS) is 12.2. The molecule has 3 rings (SSSR count). The summed E-state index contributed by atoms with van der Waals surface area (Å²) in [6.45, 7) is 1.38. The quantitative estimate of drug-likeness (QED) is 0.339. The van der Waals surface area contributed by atoms with Gasteiger partial charge in [0.05, 0.1) is 6.54 Å². The molecule has 1 aromatic carbocycles. The summed E-state index contributed by atoms with van der Waals surface area (Å²) in [5.41, 5.74) is 6.87. The van der Waals surface area contributed by atoms with Gasteiger partial charge >= 0.3 is 11.7 Å². The van der Waals surface area contributed by atoms with Crippen molar-refractivity contribution in [2.24, 2.45) is 4.36 Å². The summed E-state index contributed by atoms with van der Waals surface area (Å²) in [5, 5.41) is 8.36. The molecule has 4 N–H and O–H groups in total. The second kappa shape index (κ2) is 9.43. The third-order valence-electron chi connectivity index (χ3n) is 4.21. The van der Waals surface area contributed by atoms with Crippen LogP contribution in [0.1, 0.15) is 25.3 Å². The van der Waals surface area contributed by atoms with Crippen LogP contribution in [0.15, 0.2) is 44.6 Å². The second-order valence-corrected chi connectivity index (χ2v) is 8.15. The summed E-state index contributed by atoms with van der Waals surface area (Å²) >= 11 is 0. The molecule has 0 fully saturated rings. The molecule has 0 spiro atoms. The number of nitrogens with zero attached hydrogens (tertiary/aromatic N) is 4. The largest absolute Gasteiger partial charge is 0.481 e. The molecule has 1 unspecified atom stereocenters. The number of anilines is 1. The molecule has 0 radical (unpaired) electrons. The fourth-order valence-electron chi connectivity index (χ4n) is 2.76. The fourth-order valence-corrected chi connectivity index (χ4v) is 4.13. The predicted octanol–water partition coefficient (Wildman–Crippen LogP) is 0.891. The standard InChI is InChI=1S/C19H20N6O5S/c1-2-14(29)31(21-9-12(26)8-13(27)28)18-23-16(20)15-17(24-18)25(19(30)22-15)10-11-6-4-3-5-7-11/h3-7H,2,8-10H2,1H3,(H,22,30)(H,27,28)(H2,20,23,24). The molecule has 162 valence electrons. The lowest BCUT2D eigenvalue weighted by molar-refractivity contribution is -0.139. The molecule has 0 saturated carbocycles. The number of carboxylic acid groups (broad SMARTS) is 1. The number of nitrogens with one attached hydrogen (secondary N) is 1. The van der Waals surface area contributed by atoms with Crippen molar-refractivity contribution in [2.45, 2.75) is 31.5 Å². The molecular weight excluding hydrogens is 424 g/mol. The first-order valence-electron chi connectivity index (χ1n) is 9.28. The number of Topliss-reactive ketones (excluding diaryl/α,β-unsaturated/α-hetero) is 1. The van der Waals surface area contributed by atoms with Crippen LogP contribution in [-0.4, -0.2) is 48.0 Å². The summed E-state index contributed by atoms with van der Waals surface area (Å²) in [6, 6.07) is 9.24. The molecule has 0 aliphatic carbocycles. The van der Waals surface area contributed by atoms with Crippen molar-refractivity contribution < 1.29 is 19.5 Å². The Labute approximate surface area is 178 Å². The third kappa shape index (κ3) is 5.09. The highest BCUT2D eigenvalue weighted by Gasteiger charge is 2.20. The van der Waals surface area contributed by atoms with Crippen LogP contribution in [0, 0.1) is 0 Å². The van der Waals surface area contributed by atoms with E-state index in [0.29, 0.717) is 0 Å². The lowest BCUT2D eigenvalue weighted by Gasteiger charge is -2.08. The minimum atomic E-state index is -1.54. The number of benzene rings is 1. The highest BCUT2D eigenvalue weighted by atomic mass is 32.2. The average Bonchev–Trinajstić information content (AvgIpc) is 3.04. The van der Waals surface area contributed by atoms with Crippen molar-refractivity contribution in [1.82, 2.24) is 19.5 Å². The number of H-pyrrole nitrogens is 1. The molecule has 31 heavy (non-hydrogen) atoms. The summed E-state index contributed by atoms with van der Waals surface area (Å²) < 4.78 is 5.45. The summed E-state index contributed by atoms with van der Waals surface area (Å²) in [7, 11) is -1.54. The van der Waals surface area contributed by atoms with E-state index in [2.05, 4.69) is 19.3 Å². The maximum atomic E-state index is 12.5. The molecular formula is C19H20N6O5S. The van der Waals surface area contributed by atoms with E-state index >= 15 is 0 Å². The van der Waals surface area contributed by atoms with E-state index < -0.39 is 41.1 Å². The molecule has 11 nitrogen and oxygen atoms in total. The van der Waals surface area contributed by atoms with Gasteiger partial charge in [-0.15, -0.1) is 0 Å². The van der Waals surface area contributed by atoms with E-state index in [9.17, 15) is 19.2 Å². The minimum absolute atomic E-state index is 0.0270. The molecule has 1 atom stereocenters. The van der Waals surface area contributed by atoms with Crippen molar-refractivity contribution in [3.63, 3.8) is 0 Å². The van der Waals surface area contributed by atoms with E-state index in [-0.39, 0.29) is 40.2 Å². The smallest absolute Gasteiger partial charge is 0.328 e. The van der Waals surface area contributed by atoms with Crippen molar-refractivity contribution in [2.75, 3.05) is 12.3 Å². The molecule has 0 aliphatic rings. The Bertz CT molecular complexity index is 1250. The Balaban J connectivity index is 2.08. The molecule has 0 bridgehead atoms. The number of hydrogen-bond donors (Lipinski definition) is 3. The van der Waals surface area contributed by atoms with Gasteiger partial charge < -0.3 is 15.8 Å². The molecule has 2 heterocycles. The van der Waals surface area contributed by atoms with E-state index in [0.717, 1.165) is 5.56 Å². The first kappa shape index (κ1) is 22.0. The SMILES string of the molecule is CCC(=O)S(=NCC(=O)CC(=O)O)c1nc(N)c2[nH]c(=O)n(Cc3ccccc3)c2n1. The number of nitrogen functional groups attached to an aromatic ring is 1. The van der Waals surface area contributed by atoms with Gasteiger partial charge in [-0.25, -0.2) is 19.1 Å². The highest BCUT2D eigenvalue weighted by Crippen LogP contribution is 2.18. The van der Waals surface area contributed by atoms with Crippen LogP contribution < -0.4 is 11.4 Å². The van der Waals surface area contributed by atoms with Crippen molar-refractivity contribution in [1.29, 1.82) is 0 Å². The van der Waals surface area contributed by atoms with Crippen molar-refractivity contribution >= 4 is 44.5 Å². The number of carboxylic acids is 1. The number of rotatable bonds is 8. The summed E-state index contributed by atoms with van der Waals surface area (Å²) in [5.74, 6) is -1.95. The Morgan fingerprint density at radius 1 is 1.23 bits per heavy atom. The van der Waals surface area contributed by atoms with Gasteiger partial charge in [-0.3, -0.25) is 19.0 Å². The number of aromatic amines is 1. The Hall–Kier alpha value is -3.67. The Morgan fingerprint density at radius 2 is 1.94 bits per heavy atom. The van der Waals surface area contributed by atoms with Gasteiger partial charge in [0.2, 0.25) is 10.3 Å². The van der Waals surface area contributed by atoms with Gasteiger partial charge in [0.25, 0.3) is 0 Å². The minimum Gasteiger partial charge on any atom is -0.481 e. The number of imidazole rings is 1. The number of hydrogen-bond acceptors (Lipinski definition) is 8. The van der Waals surface area contributed by atoms with Crippen molar-refractivity contribution in [3.8, 4) is 0 Å². The number of carbonyl (C=O) groups is 3. The van der Waals surface area contributed by atoms with Gasteiger partial charge in [-0.05, 0) is 5.56 Å². The maximum Gasteiger partial charge on any atom is 0.328 e. The number of nitrogens with two attached hydrogens (primary N) is 1. The molecule has 2 aromatic heterocycles. The van der Waals surface area contributed by atoms with E-state index in [1.807, 2.05) is 30.3 Å². The Kier molecular flexibility index (Phi) is 6.70. The molecule has 12 heteroatoms. The zero-order valence-corrected chi connectivity index (χ0v) is 17.4. The van der Waals surface area contributed by atoms with E-state index in [1.165, 1.54) is 4.57 Å². The molecule has 3 aromatic rings. The highest BCUT2D eigenvalue weighted by molar-refractivity contribution is 8.02. The van der Waals surface area contributed by atoms with Gasteiger partial charge in [0.1, 0.15) is 18.5 Å². The fraction of sp³-hybridized carbons (Fsp3) is 0.263. The number of fused-ring (bicyclic) bond motifs is 1. The van der Waals surface area contributed by atoms with Crippen LogP contribution in [0.25, 0.3) is 11.2 Å². The van der Waals surface area contributed by atoms with Gasteiger partial charge in [-0.1, -0.05) is 37.3 Å². The Morgan fingerprint density at radius 3 is 2.58 bits per heavy atom. The van der Waals surface area contributed by atoms with E-state index in [4.69, 9.17) is 10.8 Å². The molecule has 0 amide bonds. The summed E-state index contributed by atoms with van der Waals surface area (Å²) in [6.07, 6.45) is -0.595. The van der Waals surface area contributed by atoms with E-state index in [1.54, 1.807) is 6.92 Å². The third-order valence-corrected chi connectivity index (χ3v) is 5.85. The zero-order valence-electron chi connectivity index (χ0n) is 16.6. The van der Waals surface area contributed by atoms with Crippen LogP contribution in [-0.2, 0) is 31.6 Å². The number of carbonyl (C=O) groups excluding carboxylic acids is 2. The van der Waals surface area contributed by atoms with Crippen LogP contribution in [0.5, 0.6) is 0 Å².